The van der Waals surface area contributed by atoms with Crippen molar-refractivity contribution in [1.82, 2.24) is 9.62 Å². The van der Waals surface area contributed by atoms with Crippen LogP contribution >= 0.6 is 0 Å². The number of benzene rings is 1. The molecule has 7 nitrogen and oxygen atoms in total. The molecule has 0 saturated carbocycles. The molecule has 0 bridgehead atoms. The number of hydrogen-bond donors (Lipinski definition) is 2. The maximum absolute atomic E-state index is 12.4. The number of carbonyl (C=O) groups excluding carboxylic acids is 1. The fourth-order valence-corrected chi connectivity index (χ4v) is 3.64. The van der Waals surface area contributed by atoms with E-state index in [4.69, 9.17) is 5.11 Å². The average molecular weight is 340 g/mol. The fourth-order valence-electron chi connectivity index (χ4n) is 2.60. The van der Waals surface area contributed by atoms with Crippen molar-refractivity contribution in [1.29, 1.82) is 0 Å². The van der Waals surface area contributed by atoms with Crippen LogP contribution in [0.15, 0.2) is 29.2 Å². The number of likely N-dealkylation sites (tertiary alicyclic amines) is 1. The largest absolute Gasteiger partial charge is 0.481 e. The first-order valence-corrected chi connectivity index (χ1v) is 8.95. The van der Waals surface area contributed by atoms with E-state index >= 15 is 0 Å². The van der Waals surface area contributed by atoms with E-state index in [1.54, 1.807) is 6.92 Å². The van der Waals surface area contributed by atoms with E-state index in [9.17, 15) is 18.0 Å². The summed E-state index contributed by atoms with van der Waals surface area (Å²) in [6.45, 7) is 2.67. The molecule has 0 aromatic heterocycles. The molecular formula is C15H20N2O5S. The summed E-state index contributed by atoms with van der Waals surface area (Å²) >= 11 is 0. The number of carboxylic acid groups (broad SMARTS) is 1. The van der Waals surface area contributed by atoms with E-state index in [1.807, 2.05) is 0 Å². The molecule has 0 spiro atoms. The van der Waals surface area contributed by atoms with Crippen LogP contribution in [0, 0.1) is 5.92 Å². The third kappa shape index (κ3) is 4.08. The van der Waals surface area contributed by atoms with Crippen molar-refractivity contribution in [3.63, 3.8) is 0 Å². The van der Waals surface area contributed by atoms with Gasteiger partial charge in [0.05, 0.1) is 10.8 Å². The number of nitrogens with one attached hydrogen (secondary N) is 1. The molecule has 1 aromatic rings. The molecule has 1 aromatic carbocycles. The molecule has 0 aliphatic carbocycles. The molecule has 1 aliphatic heterocycles. The van der Waals surface area contributed by atoms with Gasteiger partial charge >= 0.3 is 5.97 Å². The molecule has 1 amide bonds. The van der Waals surface area contributed by atoms with Crippen LogP contribution in [0.3, 0.4) is 0 Å². The molecule has 126 valence electrons. The summed E-state index contributed by atoms with van der Waals surface area (Å²) in [6, 6.07) is 5.67. The molecule has 2 N–H and O–H groups in total. The highest BCUT2D eigenvalue weighted by Gasteiger charge is 2.28. The highest BCUT2D eigenvalue weighted by atomic mass is 32.2. The van der Waals surface area contributed by atoms with Crippen molar-refractivity contribution in [2.24, 2.45) is 5.92 Å². The Hall–Kier alpha value is -1.93. The van der Waals surface area contributed by atoms with E-state index in [2.05, 4.69) is 4.72 Å². The Kier molecular flexibility index (Phi) is 5.38. The van der Waals surface area contributed by atoms with E-state index < -0.39 is 21.9 Å². The Labute approximate surface area is 135 Å². The van der Waals surface area contributed by atoms with Crippen LogP contribution in [0.4, 0.5) is 0 Å². The second-order valence-electron chi connectivity index (χ2n) is 5.45. The summed E-state index contributed by atoms with van der Waals surface area (Å²) < 4.78 is 26.1. The second kappa shape index (κ2) is 7.10. The second-order valence-corrected chi connectivity index (χ2v) is 7.22. The number of hydrogen-bond acceptors (Lipinski definition) is 4. The maximum Gasteiger partial charge on any atom is 0.308 e. The first kappa shape index (κ1) is 17.4. The Balaban J connectivity index is 2.13. The van der Waals surface area contributed by atoms with Gasteiger partial charge in [0.1, 0.15) is 0 Å². The zero-order valence-electron chi connectivity index (χ0n) is 12.9. The Morgan fingerprint density at radius 2 is 1.96 bits per heavy atom. The number of piperidine rings is 1. The molecule has 1 unspecified atom stereocenters. The predicted molar refractivity (Wildman–Crippen MR) is 83.6 cm³/mol. The SMILES string of the molecule is CCNS(=O)(=O)c1ccc(C(=O)N2CCCC(C(=O)O)C2)cc1. The average Bonchev–Trinajstić information content (AvgIpc) is 2.54. The lowest BCUT2D eigenvalue weighted by Gasteiger charge is -2.30. The van der Waals surface area contributed by atoms with Gasteiger partial charge in [-0.2, -0.15) is 0 Å². The summed E-state index contributed by atoms with van der Waals surface area (Å²) in [4.78, 5) is 25.1. The van der Waals surface area contributed by atoms with Crippen LogP contribution in [-0.4, -0.2) is 49.9 Å². The normalized spacial score (nSPS) is 18.7. The van der Waals surface area contributed by atoms with E-state index in [0.29, 0.717) is 24.9 Å². The van der Waals surface area contributed by atoms with Gasteiger partial charge in [-0.05, 0) is 37.1 Å². The van der Waals surface area contributed by atoms with Gasteiger partial charge in [-0.1, -0.05) is 6.92 Å². The number of carbonyl (C=O) groups is 2. The minimum absolute atomic E-state index is 0.0953. The molecular weight excluding hydrogens is 320 g/mol. The van der Waals surface area contributed by atoms with Crippen LogP contribution in [0.2, 0.25) is 0 Å². The molecule has 1 aliphatic rings. The van der Waals surface area contributed by atoms with Crippen LogP contribution in [0.5, 0.6) is 0 Å². The molecule has 1 heterocycles. The van der Waals surface area contributed by atoms with Gasteiger partial charge in [-0.15, -0.1) is 0 Å². The summed E-state index contributed by atoms with van der Waals surface area (Å²) in [5, 5.41) is 9.07. The molecule has 23 heavy (non-hydrogen) atoms. The predicted octanol–water partition coefficient (Wildman–Crippen LogP) is 0.922. The number of carboxylic acids is 1. The van der Waals surface area contributed by atoms with E-state index in [1.165, 1.54) is 29.2 Å². The smallest absolute Gasteiger partial charge is 0.308 e. The third-order valence-corrected chi connectivity index (χ3v) is 5.37. The lowest BCUT2D eigenvalue weighted by Crippen LogP contribution is -2.42. The Morgan fingerprint density at radius 3 is 2.52 bits per heavy atom. The molecule has 8 heteroatoms. The number of aliphatic carboxylic acids is 1. The highest BCUT2D eigenvalue weighted by Crippen LogP contribution is 2.19. The van der Waals surface area contributed by atoms with Gasteiger partial charge in [0, 0.05) is 25.2 Å². The van der Waals surface area contributed by atoms with Crippen LogP contribution < -0.4 is 4.72 Å². The van der Waals surface area contributed by atoms with Crippen molar-refractivity contribution in [3.8, 4) is 0 Å². The zero-order chi connectivity index (χ0) is 17.0. The van der Waals surface area contributed by atoms with Gasteiger partial charge in [0.15, 0.2) is 0 Å². The number of rotatable bonds is 5. The van der Waals surface area contributed by atoms with Gasteiger partial charge < -0.3 is 10.0 Å². The summed E-state index contributed by atoms with van der Waals surface area (Å²) in [5.74, 6) is -1.71. The monoisotopic (exact) mass is 340 g/mol. The summed E-state index contributed by atoms with van der Waals surface area (Å²) in [5.41, 5.74) is 0.353. The van der Waals surface area contributed by atoms with Crippen LogP contribution in [-0.2, 0) is 14.8 Å². The zero-order valence-corrected chi connectivity index (χ0v) is 13.7. The van der Waals surface area contributed by atoms with Gasteiger partial charge in [-0.3, -0.25) is 9.59 Å². The highest BCUT2D eigenvalue weighted by molar-refractivity contribution is 7.89. The summed E-state index contributed by atoms with van der Waals surface area (Å²) in [7, 11) is -3.55. The number of amides is 1. The quantitative estimate of drug-likeness (QED) is 0.829. The van der Waals surface area contributed by atoms with Crippen molar-refractivity contribution < 1.29 is 23.1 Å². The fraction of sp³-hybridized carbons (Fsp3) is 0.467. The first-order chi connectivity index (χ1) is 10.8. The van der Waals surface area contributed by atoms with Crippen molar-refractivity contribution in [3.05, 3.63) is 29.8 Å². The van der Waals surface area contributed by atoms with Crippen LogP contribution in [0.1, 0.15) is 30.1 Å². The van der Waals surface area contributed by atoms with E-state index in [0.717, 1.165) is 0 Å². The third-order valence-electron chi connectivity index (χ3n) is 3.80. The Bertz CT molecular complexity index is 684. The van der Waals surface area contributed by atoms with Crippen molar-refractivity contribution in [2.45, 2.75) is 24.7 Å². The lowest BCUT2D eigenvalue weighted by molar-refractivity contribution is -0.143. The molecule has 2 rings (SSSR count). The number of nitrogens with zero attached hydrogens (tertiary/aromatic N) is 1. The molecule has 1 saturated heterocycles. The van der Waals surface area contributed by atoms with Gasteiger partial charge in [0.25, 0.3) is 5.91 Å². The molecule has 1 atom stereocenters. The standard InChI is InChI=1S/C15H20N2O5S/c1-2-16-23(21,22)13-7-5-11(6-8-13)14(18)17-9-3-4-12(10-17)15(19)20/h5-8,12,16H,2-4,9-10H2,1H3,(H,19,20). The van der Waals surface area contributed by atoms with Crippen LogP contribution in [0.25, 0.3) is 0 Å². The van der Waals surface area contributed by atoms with E-state index in [-0.39, 0.29) is 23.9 Å². The maximum atomic E-state index is 12.4. The first-order valence-electron chi connectivity index (χ1n) is 7.47. The number of sulfonamides is 1. The van der Waals surface area contributed by atoms with Crippen molar-refractivity contribution >= 4 is 21.9 Å². The van der Waals surface area contributed by atoms with Gasteiger partial charge in [-0.25, -0.2) is 13.1 Å². The molecule has 1 fully saturated rings. The lowest BCUT2D eigenvalue weighted by atomic mass is 9.97. The Morgan fingerprint density at radius 1 is 1.30 bits per heavy atom. The molecule has 0 radical (unpaired) electrons. The van der Waals surface area contributed by atoms with Crippen molar-refractivity contribution in [2.75, 3.05) is 19.6 Å². The minimum Gasteiger partial charge on any atom is -0.481 e. The van der Waals surface area contributed by atoms with Gasteiger partial charge in [0.2, 0.25) is 10.0 Å². The topological polar surface area (TPSA) is 104 Å². The minimum atomic E-state index is -3.55. The summed E-state index contributed by atoms with van der Waals surface area (Å²) in [6.07, 6.45) is 1.22.